The van der Waals surface area contributed by atoms with Gasteiger partial charge in [0.05, 0.1) is 0 Å². The SMILES string of the molecule is CCCCC(CC)C(=O)c1c[nH]c(C(=O)O)c1. The van der Waals surface area contributed by atoms with Gasteiger partial charge in [-0.25, -0.2) is 4.79 Å². The van der Waals surface area contributed by atoms with Crippen LogP contribution in [0.25, 0.3) is 0 Å². The molecule has 2 N–H and O–H groups in total. The number of aromatic amines is 1. The molecule has 0 aliphatic rings. The van der Waals surface area contributed by atoms with Gasteiger partial charge in [0.1, 0.15) is 5.69 Å². The summed E-state index contributed by atoms with van der Waals surface area (Å²) in [5.74, 6) is -0.984. The average molecular weight is 237 g/mol. The van der Waals surface area contributed by atoms with Crippen LogP contribution >= 0.6 is 0 Å². The zero-order chi connectivity index (χ0) is 12.8. The minimum absolute atomic E-state index is 0.00685. The quantitative estimate of drug-likeness (QED) is 0.716. The monoisotopic (exact) mass is 237 g/mol. The highest BCUT2D eigenvalue weighted by Crippen LogP contribution is 2.19. The van der Waals surface area contributed by atoms with Gasteiger partial charge in [0.25, 0.3) is 0 Å². The van der Waals surface area contributed by atoms with E-state index in [9.17, 15) is 9.59 Å². The summed E-state index contributed by atoms with van der Waals surface area (Å²) in [5, 5.41) is 8.77. The number of unbranched alkanes of at least 4 members (excludes halogenated alkanes) is 1. The van der Waals surface area contributed by atoms with Crippen molar-refractivity contribution < 1.29 is 14.7 Å². The van der Waals surface area contributed by atoms with E-state index in [1.165, 1.54) is 12.3 Å². The Balaban J connectivity index is 2.75. The zero-order valence-electron chi connectivity index (χ0n) is 10.3. The molecule has 0 aromatic carbocycles. The highest BCUT2D eigenvalue weighted by Gasteiger charge is 2.19. The van der Waals surface area contributed by atoms with Gasteiger partial charge in [-0.2, -0.15) is 0 Å². The molecular weight excluding hydrogens is 218 g/mol. The van der Waals surface area contributed by atoms with E-state index in [-0.39, 0.29) is 17.4 Å². The number of rotatable bonds is 7. The number of carbonyl (C=O) groups excluding carboxylic acids is 1. The third-order valence-electron chi connectivity index (χ3n) is 2.97. The molecule has 1 unspecified atom stereocenters. The van der Waals surface area contributed by atoms with Crippen LogP contribution in [0.15, 0.2) is 12.3 Å². The van der Waals surface area contributed by atoms with E-state index in [1.54, 1.807) is 0 Å². The highest BCUT2D eigenvalue weighted by atomic mass is 16.4. The van der Waals surface area contributed by atoms with Crippen molar-refractivity contribution in [2.45, 2.75) is 39.5 Å². The van der Waals surface area contributed by atoms with Gasteiger partial charge in [0, 0.05) is 17.7 Å². The first kappa shape index (κ1) is 13.5. The molecule has 0 fully saturated rings. The van der Waals surface area contributed by atoms with Crippen LogP contribution in [0, 0.1) is 5.92 Å². The summed E-state index contributed by atoms with van der Waals surface area (Å²) in [5.41, 5.74) is 0.545. The lowest BCUT2D eigenvalue weighted by atomic mass is 9.92. The van der Waals surface area contributed by atoms with Crippen LogP contribution in [0.1, 0.15) is 60.4 Å². The predicted molar refractivity (Wildman–Crippen MR) is 65.4 cm³/mol. The molecular formula is C13H19NO3. The van der Waals surface area contributed by atoms with Crippen molar-refractivity contribution >= 4 is 11.8 Å². The number of ketones is 1. The lowest BCUT2D eigenvalue weighted by molar-refractivity contribution is 0.0691. The van der Waals surface area contributed by atoms with Crippen molar-refractivity contribution in [2.24, 2.45) is 5.92 Å². The van der Waals surface area contributed by atoms with Crippen molar-refractivity contribution in [2.75, 3.05) is 0 Å². The van der Waals surface area contributed by atoms with Crippen LogP contribution in [0.3, 0.4) is 0 Å². The Hall–Kier alpha value is -1.58. The summed E-state index contributed by atoms with van der Waals surface area (Å²) in [4.78, 5) is 25.4. The summed E-state index contributed by atoms with van der Waals surface area (Å²) < 4.78 is 0. The predicted octanol–water partition coefficient (Wildman–Crippen LogP) is 3.11. The standard InChI is InChI=1S/C13H19NO3/c1-3-5-6-9(4-2)12(15)10-7-11(13(16)17)14-8-10/h7-9,14H,3-6H2,1-2H3,(H,16,17). The van der Waals surface area contributed by atoms with Crippen LogP contribution < -0.4 is 0 Å². The third-order valence-corrected chi connectivity index (χ3v) is 2.97. The summed E-state index contributed by atoms with van der Waals surface area (Å²) in [7, 11) is 0. The first-order chi connectivity index (χ1) is 8.10. The van der Waals surface area contributed by atoms with Gasteiger partial charge in [-0.05, 0) is 18.9 Å². The maximum atomic E-state index is 12.1. The number of H-pyrrole nitrogens is 1. The topological polar surface area (TPSA) is 70.2 Å². The van der Waals surface area contributed by atoms with E-state index in [4.69, 9.17) is 5.11 Å². The number of hydrogen-bond donors (Lipinski definition) is 2. The number of aromatic nitrogens is 1. The van der Waals surface area contributed by atoms with Crippen LogP contribution in [0.5, 0.6) is 0 Å². The molecule has 4 heteroatoms. The fourth-order valence-electron chi connectivity index (χ4n) is 1.87. The van der Waals surface area contributed by atoms with Gasteiger partial charge >= 0.3 is 5.97 Å². The first-order valence-electron chi connectivity index (χ1n) is 6.06. The Morgan fingerprint density at radius 3 is 2.59 bits per heavy atom. The molecule has 0 radical (unpaired) electrons. The molecule has 1 heterocycles. The molecule has 0 amide bonds. The third kappa shape index (κ3) is 3.44. The lowest BCUT2D eigenvalue weighted by Crippen LogP contribution is -2.13. The Kier molecular flexibility index (Phi) is 4.94. The fraction of sp³-hybridized carbons (Fsp3) is 0.538. The van der Waals surface area contributed by atoms with Crippen LogP contribution in [0.2, 0.25) is 0 Å². The van der Waals surface area contributed by atoms with E-state index in [0.29, 0.717) is 5.56 Å². The second-order valence-electron chi connectivity index (χ2n) is 4.22. The lowest BCUT2D eigenvalue weighted by Gasteiger charge is -2.11. The number of Topliss-reactive ketones (excluding diaryl/α,β-unsaturated/α-hetero) is 1. The van der Waals surface area contributed by atoms with E-state index in [0.717, 1.165) is 25.7 Å². The first-order valence-corrected chi connectivity index (χ1v) is 6.06. The Morgan fingerprint density at radius 1 is 1.41 bits per heavy atom. The molecule has 1 aromatic rings. The molecule has 0 saturated carbocycles. The van der Waals surface area contributed by atoms with E-state index >= 15 is 0 Å². The summed E-state index contributed by atoms with van der Waals surface area (Å²) >= 11 is 0. The molecule has 0 saturated heterocycles. The summed E-state index contributed by atoms with van der Waals surface area (Å²) in [6.45, 7) is 4.08. The Morgan fingerprint density at radius 2 is 2.12 bits per heavy atom. The molecule has 1 rings (SSSR count). The molecule has 0 aliphatic heterocycles. The number of carboxylic acids is 1. The molecule has 4 nitrogen and oxygen atoms in total. The van der Waals surface area contributed by atoms with Crippen molar-refractivity contribution in [1.82, 2.24) is 4.98 Å². The van der Waals surface area contributed by atoms with Crippen molar-refractivity contribution in [3.05, 3.63) is 23.5 Å². The molecule has 1 aromatic heterocycles. The molecule has 0 aliphatic carbocycles. The van der Waals surface area contributed by atoms with Crippen molar-refractivity contribution in [3.63, 3.8) is 0 Å². The van der Waals surface area contributed by atoms with Gasteiger partial charge in [-0.15, -0.1) is 0 Å². The summed E-state index contributed by atoms with van der Waals surface area (Å²) in [6.07, 6.45) is 5.25. The largest absolute Gasteiger partial charge is 0.477 e. The second-order valence-corrected chi connectivity index (χ2v) is 4.22. The highest BCUT2D eigenvalue weighted by molar-refractivity contribution is 5.99. The van der Waals surface area contributed by atoms with E-state index < -0.39 is 5.97 Å². The zero-order valence-corrected chi connectivity index (χ0v) is 10.3. The maximum Gasteiger partial charge on any atom is 0.352 e. The summed E-state index contributed by atoms with van der Waals surface area (Å²) in [6, 6.07) is 1.42. The number of carboxylic acid groups (broad SMARTS) is 1. The van der Waals surface area contributed by atoms with Crippen molar-refractivity contribution in [1.29, 1.82) is 0 Å². The second kappa shape index (κ2) is 6.23. The smallest absolute Gasteiger partial charge is 0.352 e. The minimum atomic E-state index is -1.04. The van der Waals surface area contributed by atoms with Gasteiger partial charge in [-0.3, -0.25) is 4.79 Å². The molecule has 17 heavy (non-hydrogen) atoms. The molecule has 1 atom stereocenters. The average Bonchev–Trinajstić information content (AvgIpc) is 2.79. The Bertz CT molecular complexity index is 395. The Labute approximate surface area is 101 Å². The van der Waals surface area contributed by atoms with Crippen LogP contribution in [-0.4, -0.2) is 21.8 Å². The van der Waals surface area contributed by atoms with Crippen LogP contribution in [0.4, 0.5) is 0 Å². The number of nitrogens with one attached hydrogen (secondary N) is 1. The molecule has 94 valence electrons. The molecule has 0 spiro atoms. The maximum absolute atomic E-state index is 12.1. The van der Waals surface area contributed by atoms with E-state index in [1.807, 2.05) is 6.92 Å². The minimum Gasteiger partial charge on any atom is -0.477 e. The van der Waals surface area contributed by atoms with Gasteiger partial charge in [0.15, 0.2) is 5.78 Å². The molecule has 0 bridgehead atoms. The van der Waals surface area contributed by atoms with Gasteiger partial charge < -0.3 is 10.1 Å². The number of aromatic carboxylic acids is 1. The normalized spacial score (nSPS) is 12.4. The fourth-order valence-corrected chi connectivity index (χ4v) is 1.87. The number of carbonyl (C=O) groups is 2. The van der Waals surface area contributed by atoms with Gasteiger partial charge in [0.2, 0.25) is 0 Å². The van der Waals surface area contributed by atoms with Gasteiger partial charge in [-0.1, -0.05) is 26.7 Å². The van der Waals surface area contributed by atoms with Crippen LogP contribution in [-0.2, 0) is 0 Å². The van der Waals surface area contributed by atoms with Crippen molar-refractivity contribution in [3.8, 4) is 0 Å². The number of hydrogen-bond acceptors (Lipinski definition) is 2. The van der Waals surface area contributed by atoms with E-state index in [2.05, 4.69) is 11.9 Å².